The number of halogens is 1. The van der Waals surface area contributed by atoms with Crippen LogP contribution in [0.4, 0.5) is 0 Å². The lowest BCUT2D eigenvalue weighted by Crippen LogP contribution is -2.47. The molecule has 1 aromatic heterocycles. The van der Waals surface area contributed by atoms with E-state index in [0.717, 1.165) is 16.3 Å². The Kier molecular flexibility index (Phi) is 7.72. The molecule has 1 unspecified atom stereocenters. The number of nitrogens with zero attached hydrogens (tertiary/aromatic N) is 2. The summed E-state index contributed by atoms with van der Waals surface area (Å²) in [5, 5.41) is 8.09. The van der Waals surface area contributed by atoms with Crippen LogP contribution < -0.4 is 14.8 Å². The van der Waals surface area contributed by atoms with E-state index >= 15 is 0 Å². The van der Waals surface area contributed by atoms with Crippen molar-refractivity contribution in [3.05, 3.63) is 28.4 Å². The van der Waals surface area contributed by atoms with E-state index in [1.165, 1.54) is 0 Å². The first-order valence-electron chi connectivity index (χ1n) is 10.3. The molecule has 0 saturated carbocycles. The van der Waals surface area contributed by atoms with Crippen molar-refractivity contribution in [2.45, 2.75) is 38.7 Å². The molecule has 0 bridgehead atoms. The molecule has 0 aliphatic carbocycles. The first kappa shape index (κ1) is 23.3. The summed E-state index contributed by atoms with van der Waals surface area (Å²) in [6.07, 6.45) is 3.26. The van der Waals surface area contributed by atoms with Crippen molar-refractivity contribution in [1.82, 2.24) is 10.3 Å². The predicted octanol–water partition coefficient (Wildman–Crippen LogP) is 3.83. The van der Waals surface area contributed by atoms with Crippen molar-refractivity contribution < 1.29 is 23.8 Å². The fourth-order valence-electron chi connectivity index (χ4n) is 3.59. The van der Waals surface area contributed by atoms with Gasteiger partial charge in [-0.3, -0.25) is 9.78 Å². The third-order valence-corrected chi connectivity index (χ3v) is 5.73. The Hall–Kier alpha value is -2.39. The van der Waals surface area contributed by atoms with Gasteiger partial charge in [0, 0.05) is 47.8 Å². The van der Waals surface area contributed by atoms with E-state index in [1.807, 2.05) is 26.0 Å². The molecule has 0 radical (unpaired) electrons. The Morgan fingerprint density at radius 2 is 2.03 bits per heavy atom. The number of benzene rings is 1. The predicted molar refractivity (Wildman–Crippen MR) is 122 cm³/mol. The normalized spacial score (nSPS) is 17.9. The monoisotopic (exact) mass is 493 g/mol. The largest absolute Gasteiger partial charge is 0.492 e. The molecule has 1 atom stereocenters. The van der Waals surface area contributed by atoms with Gasteiger partial charge < -0.3 is 24.4 Å². The number of ether oxygens (including phenoxy) is 3. The summed E-state index contributed by atoms with van der Waals surface area (Å²) in [6.45, 7) is 5.65. The zero-order valence-electron chi connectivity index (χ0n) is 18.3. The summed E-state index contributed by atoms with van der Waals surface area (Å²) in [5.74, 6) is 0.845. The van der Waals surface area contributed by atoms with E-state index < -0.39 is 5.60 Å². The van der Waals surface area contributed by atoms with Crippen LogP contribution >= 0.6 is 15.9 Å². The van der Waals surface area contributed by atoms with Crippen molar-refractivity contribution in [3.8, 4) is 11.5 Å². The van der Waals surface area contributed by atoms with E-state index in [9.17, 15) is 4.79 Å². The molecular formula is C22H28BrN3O5. The molecule has 1 aliphatic heterocycles. The Balaban J connectivity index is 1.87. The van der Waals surface area contributed by atoms with Gasteiger partial charge in [0.05, 0.1) is 19.9 Å². The molecule has 1 N–H and O–H groups in total. The van der Waals surface area contributed by atoms with Gasteiger partial charge >= 0.3 is 0 Å². The van der Waals surface area contributed by atoms with Crippen LogP contribution in [-0.2, 0) is 14.4 Å². The number of amides is 1. The summed E-state index contributed by atoms with van der Waals surface area (Å²) < 4.78 is 17.4. The summed E-state index contributed by atoms with van der Waals surface area (Å²) >= 11 is 3.46. The second-order valence-electron chi connectivity index (χ2n) is 7.18. The number of rotatable bonds is 10. The molecule has 8 nitrogen and oxygen atoms in total. The van der Waals surface area contributed by atoms with E-state index in [2.05, 4.69) is 31.4 Å². The standard InChI is InChI=1S/C22H28BrN3O5/c1-5-22(21(27)24-8-7-9-30-6-2)12-17(26-31-22)16-11-14-10-15(23)13-25-18(14)20(29-4)19(16)28-3/h10-11,13H,5-9,12H2,1-4H3,(H,24,27). The average Bonchev–Trinajstić information content (AvgIpc) is 3.23. The van der Waals surface area contributed by atoms with Crippen molar-refractivity contribution in [2.75, 3.05) is 34.0 Å². The summed E-state index contributed by atoms with van der Waals surface area (Å²) in [7, 11) is 3.14. The SMILES string of the molecule is CCOCCCNC(=O)C1(CC)CC(c2cc3cc(Br)cnc3c(OC)c2OC)=NO1. The molecule has 2 aromatic rings. The maximum absolute atomic E-state index is 12.9. The third kappa shape index (κ3) is 4.77. The highest BCUT2D eigenvalue weighted by Crippen LogP contribution is 2.41. The smallest absolute Gasteiger partial charge is 0.267 e. The lowest BCUT2D eigenvalue weighted by Gasteiger charge is -2.24. The minimum atomic E-state index is -1.05. The highest BCUT2D eigenvalue weighted by Gasteiger charge is 2.45. The highest BCUT2D eigenvalue weighted by atomic mass is 79.9. The first-order valence-corrected chi connectivity index (χ1v) is 11.1. The lowest BCUT2D eigenvalue weighted by molar-refractivity contribution is -0.144. The van der Waals surface area contributed by atoms with Crippen LogP contribution in [0.3, 0.4) is 0 Å². The average molecular weight is 494 g/mol. The number of fused-ring (bicyclic) bond motifs is 1. The Labute approximate surface area is 190 Å². The van der Waals surface area contributed by atoms with Crippen LogP contribution in [0.15, 0.2) is 28.0 Å². The summed E-state index contributed by atoms with van der Waals surface area (Å²) in [5.41, 5.74) is 0.970. The number of hydrogen-bond donors (Lipinski definition) is 1. The quantitative estimate of drug-likeness (QED) is 0.505. The van der Waals surface area contributed by atoms with Crippen LogP contribution in [0.1, 0.15) is 38.7 Å². The molecule has 9 heteroatoms. The van der Waals surface area contributed by atoms with Crippen LogP contribution in [-0.4, -0.2) is 56.2 Å². The second kappa shape index (κ2) is 10.3. The highest BCUT2D eigenvalue weighted by molar-refractivity contribution is 9.10. The number of oxime groups is 1. The molecule has 0 spiro atoms. The summed E-state index contributed by atoms with van der Waals surface area (Å²) in [4.78, 5) is 23.1. The minimum absolute atomic E-state index is 0.179. The molecular weight excluding hydrogens is 466 g/mol. The molecule has 31 heavy (non-hydrogen) atoms. The van der Waals surface area contributed by atoms with Gasteiger partial charge in [-0.25, -0.2) is 0 Å². The van der Waals surface area contributed by atoms with Crippen LogP contribution in [0.2, 0.25) is 0 Å². The van der Waals surface area contributed by atoms with E-state index in [0.29, 0.717) is 60.9 Å². The Bertz CT molecular complexity index is 981. The van der Waals surface area contributed by atoms with Gasteiger partial charge in [0.25, 0.3) is 5.91 Å². The van der Waals surface area contributed by atoms with Gasteiger partial charge in [0.15, 0.2) is 11.5 Å². The number of aromatic nitrogens is 1. The van der Waals surface area contributed by atoms with Gasteiger partial charge in [-0.15, -0.1) is 0 Å². The third-order valence-electron chi connectivity index (χ3n) is 5.29. The molecule has 1 aliphatic rings. The number of nitrogens with one attached hydrogen (secondary N) is 1. The number of carbonyl (C=O) groups is 1. The molecule has 0 saturated heterocycles. The van der Waals surface area contributed by atoms with Crippen LogP contribution in [0, 0.1) is 0 Å². The van der Waals surface area contributed by atoms with E-state index in [-0.39, 0.29) is 5.91 Å². The second-order valence-corrected chi connectivity index (χ2v) is 8.09. The molecule has 1 amide bonds. The van der Waals surface area contributed by atoms with Crippen LogP contribution in [0.5, 0.6) is 11.5 Å². The van der Waals surface area contributed by atoms with Gasteiger partial charge in [-0.2, -0.15) is 0 Å². The van der Waals surface area contributed by atoms with Gasteiger partial charge in [-0.1, -0.05) is 12.1 Å². The fraction of sp³-hybridized carbons (Fsp3) is 0.500. The number of hydrogen-bond acceptors (Lipinski definition) is 7. The summed E-state index contributed by atoms with van der Waals surface area (Å²) in [6, 6.07) is 3.88. The first-order chi connectivity index (χ1) is 15.0. The zero-order valence-corrected chi connectivity index (χ0v) is 19.9. The molecule has 0 fully saturated rings. The molecule has 2 heterocycles. The van der Waals surface area contributed by atoms with Gasteiger partial charge in [-0.05, 0) is 47.8 Å². The van der Waals surface area contributed by atoms with Gasteiger partial charge in [0.2, 0.25) is 5.60 Å². The molecule has 3 rings (SSSR count). The topological polar surface area (TPSA) is 91.3 Å². The van der Waals surface area contributed by atoms with E-state index in [4.69, 9.17) is 19.0 Å². The number of pyridine rings is 1. The van der Waals surface area contributed by atoms with Crippen molar-refractivity contribution in [1.29, 1.82) is 0 Å². The maximum atomic E-state index is 12.9. The lowest BCUT2D eigenvalue weighted by atomic mass is 9.90. The van der Waals surface area contributed by atoms with Crippen molar-refractivity contribution in [3.63, 3.8) is 0 Å². The number of carbonyl (C=O) groups excluding carboxylic acids is 1. The Morgan fingerprint density at radius 1 is 1.26 bits per heavy atom. The fourth-order valence-corrected chi connectivity index (χ4v) is 3.94. The molecule has 168 valence electrons. The maximum Gasteiger partial charge on any atom is 0.267 e. The zero-order chi connectivity index (χ0) is 22.4. The van der Waals surface area contributed by atoms with Crippen molar-refractivity contribution in [2.24, 2.45) is 5.16 Å². The molecule has 1 aromatic carbocycles. The number of methoxy groups -OCH3 is 2. The van der Waals surface area contributed by atoms with Crippen LogP contribution in [0.25, 0.3) is 10.9 Å². The van der Waals surface area contributed by atoms with E-state index in [1.54, 1.807) is 20.4 Å². The Morgan fingerprint density at radius 3 is 2.71 bits per heavy atom. The van der Waals surface area contributed by atoms with Crippen molar-refractivity contribution >= 4 is 38.5 Å². The minimum Gasteiger partial charge on any atom is -0.492 e. The van der Waals surface area contributed by atoms with Gasteiger partial charge in [0.1, 0.15) is 5.52 Å².